The van der Waals surface area contributed by atoms with E-state index in [1.54, 1.807) is 12.1 Å². The highest BCUT2D eigenvalue weighted by molar-refractivity contribution is 5.87. The monoisotopic (exact) mass is 327 g/mol. The zero-order valence-corrected chi connectivity index (χ0v) is 14.1. The fourth-order valence-corrected chi connectivity index (χ4v) is 2.32. The summed E-state index contributed by atoms with van der Waals surface area (Å²) in [5, 5.41) is 12.2. The predicted molar refractivity (Wildman–Crippen MR) is 95.7 cm³/mol. The quantitative estimate of drug-likeness (QED) is 0.650. The third kappa shape index (κ3) is 6.05. The number of rotatable bonds is 10. The van der Waals surface area contributed by atoms with Gasteiger partial charge < -0.3 is 15.2 Å². The van der Waals surface area contributed by atoms with Crippen molar-refractivity contribution >= 4 is 5.97 Å². The zero-order valence-electron chi connectivity index (χ0n) is 14.1. The molecule has 0 aliphatic carbocycles. The average molecular weight is 327 g/mol. The highest BCUT2D eigenvalue weighted by Crippen LogP contribution is 2.13. The van der Waals surface area contributed by atoms with Crippen molar-refractivity contribution < 1.29 is 14.6 Å². The SMILES string of the molecule is CCCCOc1ccc(CCNCc2ccc(C(=O)O)cc2)cc1. The highest BCUT2D eigenvalue weighted by atomic mass is 16.5. The Labute approximate surface area is 143 Å². The van der Waals surface area contributed by atoms with Crippen molar-refractivity contribution in [2.45, 2.75) is 32.7 Å². The molecule has 2 N–H and O–H groups in total. The standard InChI is InChI=1S/C20H25NO3/c1-2-3-14-24-19-10-6-16(7-11-19)12-13-21-15-17-4-8-18(9-5-17)20(22)23/h4-11,21H,2-3,12-15H2,1H3,(H,22,23). The number of unbranched alkanes of at least 4 members (excludes halogenated alkanes) is 1. The smallest absolute Gasteiger partial charge is 0.335 e. The summed E-state index contributed by atoms with van der Waals surface area (Å²) in [5.41, 5.74) is 2.67. The fourth-order valence-electron chi connectivity index (χ4n) is 2.32. The minimum absolute atomic E-state index is 0.319. The third-order valence-electron chi connectivity index (χ3n) is 3.81. The van der Waals surface area contributed by atoms with E-state index < -0.39 is 5.97 Å². The summed E-state index contributed by atoms with van der Waals surface area (Å²) in [6.45, 7) is 4.53. The molecule has 0 atom stereocenters. The van der Waals surface area contributed by atoms with E-state index >= 15 is 0 Å². The molecule has 128 valence electrons. The maximum atomic E-state index is 10.8. The lowest BCUT2D eigenvalue weighted by Gasteiger charge is -2.08. The number of carboxylic acids is 1. The lowest BCUT2D eigenvalue weighted by molar-refractivity contribution is 0.0697. The van der Waals surface area contributed by atoms with Crippen molar-refractivity contribution in [1.82, 2.24) is 5.32 Å². The highest BCUT2D eigenvalue weighted by Gasteiger charge is 2.01. The van der Waals surface area contributed by atoms with E-state index in [0.717, 1.165) is 50.3 Å². The molecule has 4 heteroatoms. The Morgan fingerprint density at radius 1 is 1.04 bits per heavy atom. The van der Waals surface area contributed by atoms with E-state index in [0.29, 0.717) is 5.56 Å². The molecular weight excluding hydrogens is 302 g/mol. The Kier molecular flexibility index (Phi) is 7.30. The Bertz CT molecular complexity index is 620. The molecule has 2 rings (SSSR count). The third-order valence-corrected chi connectivity index (χ3v) is 3.81. The van der Waals surface area contributed by atoms with Crippen LogP contribution in [0.15, 0.2) is 48.5 Å². The van der Waals surface area contributed by atoms with Crippen LogP contribution in [0.3, 0.4) is 0 Å². The number of hydrogen-bond donors (Lipinski definition) is 2. The first-order valence-corrected chi connectivity index (χ1v) is 8.43. The van der Waals surface area contributed by atoms with Crippen molar-refractivity contribution in [1.29, 1.82) is 0 Å². The summed E-state index contributed by atoms with van der Waals surface area (Å²) < 4.78 is 5.65. The fraction of sp³-hybridized carbons (Fsp3) is 0.350. The van der Waals surface area contributed by atoms with Crippen LogP contribution in [0.25, 0.3) is 0 Å². The molecule has 0 radical (unpaired) electrons. The molecule has 2 aromatic rings. The van der Waals surface area contributed by atoms with Crippen LogP contribution in [-0.2, 0) is 13.0 Å². The molecule has 0 amide bonds. The van der Waals surface area contributed by atoms with E-state index in [1.165, 1.54) is 5.56 Å². The molecule has 0 unspecified atom stereocenters. The van der Waals surface area contributed by atoms with Crippen molar-refractivity contribution in [2.24, 2.45) is 0 Å². The van der Waals surface area contributed by atoms with Crippen LogP contribution in [0.4, 0.5) is 0 Å². The minimum Gasteiger partial charge on any atom is -0.494 e. The van der Waals surface area contributed by atoms with Gasteiger partial charge in [0.2, 0.25) is 0 Å². The topological polar surface area (TPSA) is 58.6 Å². The van der Waals surface area contributed by atoms with Gasteiger partial charge in [-0.15, -0.1) is 0 Å². The first-order valence-electron chi connectivity index (χ1n) is 8.43. The number of hydrogen-bond acceptors (Lipinski definition) is 3. The lowest BCUT2D eigenvalue weighted by Crippen LogP contribution is -2.16. The Balaban J connectivity index is 1.69. The maximum Gasteiger partial charge on any atom is 0.335 e. The number of aromatic carboxylic acids is 1. The van der Waals surface area contributed by atoms with Crippen LogP contribution in [0, 0.1) is 0 Å². The second-order valence-electron chi connectivity index (χ2n) is 5.77. The van der Waals surface area contributed by atoms with E-state index in [1.807, 2.05) is 24.3 Å². The molecule has 2 aromatic carbocycles. The molecular formula is C20H25NO3. The number of carbonyl (C=O) groups is 1. The summed E-state index contributed by atoms with van der Waals surface area (Å²) >= 11 is 0. The molecule has 0 bridgehead atoms. The molecule has 0 saturated heterocycles. The van der Waals surface area contributed by atoms with Gasteiger partial charge in [0, 0.05) is 6.54 Å². The van der Waals surface area contributed by atoms with E-state index in [9.17, 15) is 4.79 Å². The minimum atomic E-state index is -0.892. The number of nitrogens with one attached hydrogen (secondary N) is 1. The van der Waals surface area contributed by atoms with Gasteiger partial charge in [-0.3, -0.25) is 0 Å². The molecule has 0 saturated carbocycles. The first kappa shape index (κ1) is 18.0. The van der Waals surface area contributed by atoms with Crippen LogP contribution in [0.5, 0.6) is 5.75 Å². The van der Waals surface area contributed by atoms with E-state index in [2.05, 4.69) is 24.4 Å². The van der Waals surface area contributed by atoms with Gasteiger partial charge in [-0.1, -0.05) is 37.6 Å². The van der Waals surface area contributed by atoms with Crippen molar-refractivity contribution in [3.8, 4) is 5.75 Å². The van der Waals surface area contributed by atoms with Gasteiger partial charge in [0.15, 0.2) is 0 Å². The van der Waals surface area contributed by atoms with E-state index in [-0.39, 0.29) is 0 Å². The molecule has 0 aliphatic rings. The number of carboxylic acid groups (broad SMARTS) is 1. The zero-order chi connectivity index (χ0) is 17.2. The first-order chi connectivity index (χ1) is 11.7. The number of benzene rings is 2. The van der Waals surface area contributed by atoms with Gasteiger partial charge in [0.25, 0.3) is 0 Å². The van der Waals surface area contributed by atoms with Gasteiger partial charge in [-0.25, -0.2) is 4.79 Å². The van der Waals surface area contributed by atoms with Gasteiger partial charge in [-0.05, 0) is 54.8 Å². The second-order valence-corrected chi connectivity index (χ2v) is 5.77. The van der Waals surface area contributed by atoms with Gasteiger partial charge in [-0.2, -0.15) is 0 Å². The summed E-state index contributed by atoms with van der Waals surface area (Å²) in [7, 11) is 0. The van der Waals surface area contributed by atoms with Crippen LogP contribution >= 0.6 is 0 Å². The molecule has 0 aromatic heterocycles. The lowest BCUT2D eigenvalue weighted by atomic mass is 10.1. The second kappa shape index (κ2) is 9.73. The van der Waals surface area contributed by atoms with Crippen molar-refractivity contribution in [2.75, 3.05) is 13.2 Å². The molecule has 0 spiro atoms. The average Bonchev–Trinajstić information content (AvgIpc) is 2.60. The molecule has 0 aliphatic heterocycles. The van der Waals surface area contributed by atoms with Crippen LogP contribution in [0.1, 0.15) is 41.3 Å². The molecule has 24 heavy (non-hydrogen) atoms. The summed E-state index contributed by atoms with van der Waals surface area (Å²) in [6.07, 6.45) is 3.17. The number of ether oxygens (including phenoxy) is 1. The van der Waals surface area contributed by atoms with Crippen LogP contribution in [-0.4, -0.2) is 24.2 Å². The Morgan fingerprint density at radius 2 is 1.71 bits per heavy atom. The van der Waals surface area contributed by atoms with E-state index in [4.69, 9.17) is 9.84 Å². The van der Waals surface area contributed by atoms with Gasteiger partial charge in [0.1, 0.15) is 5.75 Å². The van der Waals surface area contributed by atoms with Gasteiger partial charge in [0.05, 0.1) is 12.2 Å². The largest absolute Gasteiger partial charge is 0.494 e. The van der Waals surface area contributed by atoms with Crippen molar-refractivity contribution in [3.05, 3.63) is 65.2 Å². The van der Waals surface area contributed by atoms with Gasteiger partial charge >= 0.3 is 5.97 Å². The van der Waals surface area contributed by atoms with Crippen LogP contribution < -0.4 is 10.1 Å². The Hall–Kier alpha value is -2.33. The summed E-state index contributed by atoms with van der Waals surface area (Å²) in [4.78, 5) is 10.8. The molecule has 0 fully saturated rings. The Morgan fingerprint density at radius 3 is 2.33 bits per heavy atom. The molecule has 0 heterocycles. The molecule has 4 nitrogen and oxygen atoms in total. The normalized spacial score (nSPS) is 10.5. The predicted octanol–water partition coefficient (Wildman–Crippen LogP) is 3.90. The maximum absolute atomic E-state index is 10.8. The van der Waals surface area contributed by atoms with Crippen LogP contribution in [0.2, 0.25) is 0 Å². The van der Waals surface area contributed by atoms with Crippen molar-refractivity contribution in [3.63, 3.8) is 0 Å². The summed E-state index contributed by atoms with van der Waals surface area (Å²) in [6, 6.07) is 15.2. The summed E-state index contributed by atoms with van der Waals surface area (Å²) in [5.74, 6) is 0.0373.